The first-order chi connectivity index (χ1) is 26.5. The van der Waals surface area contributed by atoms with Crippen LogP contribution in [0.5, 0.6) is 23.0 Å². The van der Waals surface area contributed by atoms with Crippen LogP contribution in [0, 0.1) is 0 Å². The van der Waals surface area contributed by atoms with Gasteiger partial charge in [0.15, 0.2) is 66.1 Å². The van der Waals surface area contributed by atoms with E-state index < -0.39 is 109 Å². The number of hydrogen-bond acceptors (Lipinski definition) is 19. The van der Waals surface area contributed by atoms with Crippen molar-refractivity contribution in [2.75, 3.05) is 13.2 Å². The van der Waals surface area contributed by atoms with Crippen LogP contribution in [0.3, 0.4) is 0 Å². The van der Waals surface area contributed by atoms with Crippen molar-refractivity contribution in [3.8, 4) is 23.0 Å². The number of hydrogen-bond donors (Lipinski definition) is 5. The SMILES string of the molecule is CC(=O)O[C@@H]1[C@@H](OC(C)=O)[C@H](C)O[C@@H](O[C@@H]2[C@@H](OC(C)=O)[C@H](OCCc3ccc(O)c(O)c3)O[C@H](CO)[C@H]2OC(=O)/C=C/c2ccc(O)c(O)c2)[C@@H]1OC(C)=O. The summed E-state index contributed by atoms with van der Waals surface area (Å²) in [4.78, 5) is 62.6. The molecule has 4 rings (SSSR count). The Kier molecular flexibility index (Phi) is 15.0. The highest BCUT2D eigenvalue weighted by molar-refractivity contribution is 5.87. The number of phenolic OH excluding ortho intramolecular Hbond substituents is 4. The van der Waals surface area contributed by atoms with Crippen molar-refractivity contribution in [1.29, 1.82) is 0 Å². The molecule has 0 amide bonds. The molecule has 0 aromatic heterocycles. The second-order valence-corrected chi connectivity index (χ2v) is 12.8. The first-order valence-electron chi connectivity index (χ1n) is 17.3. The van der Waals surface area contributed by atoms with Gasteiger partial charge in [-0.25, -0.2) is 4.79 Å². The summed E-state index contributed by atoms with van der Waals surface area (Å²) in [5.41, 5.74) is 0.810. The standard InChI is InChI=1S/C37H44O19/c1-17-30(50-18(2)39)32(51-19(3)40)35(53-21(5)42)37(49-17)56-33-31(55-29(47)11-8-22-6-9-24(43)26(45)14-22)28(16-38)54-36(34(33)52-20(4)41)48-13-12-23-7-10-25(44)27(46)15-23/h6-11,14-15,17,28,30-38,43-46H,12-13,16H2,1-5H3/b11-8+/t17-,28+,30-,31+,32+,33-,34+,35+,36+,37-/m0/s1. The monoisotopic (exact) mass is 792 g/mol. The van der Waals surface area contributed by atoms with Crippen molar-refractivity contribution in [2.45, 2.75) is 102 Å². The van der Waals surface area contributed by atoms with Gasteiger partial charge in [-0.2, -0.15) is 0 Å². The minimum Gasteiger partial charge on any atom is -0.504 e. The minimum absolute atomic E-state index is 0.130. The highest BCUT2D eigenvalue weighted by Crippen LogP contribution is 2.36. The van der Waals surface area contributed by atoms with Crippen LogP contribution < -0.4 is 0 Å². The summed E-state index contributed by atoms with van der Waals surface area (Å²) in [7, 11) is 0. The molecule has 2 saturated heterocycles. The summed E-state index contributed by atoms with van der Waals surface area (Å²) >= 11 is 0. The number of carbonyl (C=O) groups excluding carboxylic acids is 5. The molecule has 0 spiro atoms. The van der Waals surface area contributed by atoms with Gasteiger partial charge in [-0.3, -0.25) is 19.2 Å². The van der Waals surface area contributed by atoms with E-state index >= 15 is 0 Å². The Morgan fingerprint density at radius 2 is 1.20 bits per heavy atom. The molecule has 2 aromatic rings. The van der Waals surface area contributed by atoms with E-state index in [-0.39, 0.29) is 30.1 Å². The van der Waals surface area contributed by atoms with Crippen LogP contribution in [0.15, 0.2) is 42.5 Å². The van der Waals surface area contributed by atoms with E-state index in [1.807, 2.05) is 0 Å². The third-order valence-electron chi connectivity index (χ3n) is 8.37. The van der Waals surface area contributed by atoms with Gasteiger partial charge < -0.3 is 68.2 Å². The second-order valence-electron chi connectivity index (χ2n) is 12.8. The Hall–Kier alpha value is -5.47. The Bertz CT molecular complexity index is 1760. The summed E-state index contributed by atoms with van der Waals surface area (Å²) in [5.74, 6) is -6.03. The number of aliphatic hydroxyl groups is 1. The molecule has 56 heavy (non-hydrogen) atoms. The van der Waals surface area contributed by atoms with Gasteiger partial charge >= 0.3 is 29.8 Å². The van der Waals surface area contributed by atoms with Gasteiger partial charge in [0.2, 0.25) is 0 Å². The summed E-state index contributed by atoms with van der Waals surface area (Å²) in [6, 6.07) is 7.84. The highest BCUT2D eigenvalue weighted by Gasteiger charge is 2.56. The van der Waals surface area contributed by atoms with Crippen molar-refractivity contribution >= 4 is 35.9 Å². The average Bonchev–Trinajstić information content (AvgIpc) is 3.11. The first-order valence-corrected chi connectivity index (χ1v) is 17.3. The van der Waals surface area contributed by atoms with Crippen LogP contribution in [-0.4, -0.2) is 130 Å². The molecule has 0 saturated carbocycles. The number of aliphatic hydroxyl groups excluding tert-OH is 1. The average molecular weight is 793 g/mol. The third-order valence-corrected chi connectivity index (χ3v) is 8.37. The molecule has 19 heteroatoms. The Morgan fingerprint density at radius 3 is 1.77 bits per heavy atom. The minimum atomic E-state index is -1.72. The maximum absolute atomic E-state index is 13.3. The fourth-order valence-corrected chi connectivity index (χ4v) is 6.01. The van der Waals surface area contributed by atoms with Crippen LogP contribution in [-0.2, 0) is 73.0 Å². The van der Waals surface area contributed by atoms with E-state index in [1.54, 1.807) is 0 Å². The lowest BCUT2D eigenvalue weighted by Crippen LogP contribution is -2.66. The predicted octanol–water partition coefficient (Wildman–Crippen LogP) is 1.27. The van der Waals surface area contributed by atoms with Crippen molar-refractivity contribution in [3.63, 3.8) is 0 Å². The smallest absolute Gasteiger partial charge is 0.331 e. The van der Waals surface area contributed by atoms with Crippen molar-refractivity contribution in [2.24, 2.45) is 0 Å². The molecule has 2 aromatic carbocycles. The predicted molar refractivity (Wildman–Crippen MR) is 185 cm³/mol. The van der Waals surface area contributed by atoms with Crippen molar-refractivity contribution in [3.05, 3.63) is 53.6 Å². The molecule has 2 aliphatic heterocycles. The van der Waals surface area contributed by atoms with Gasteiger partial charge in [0.25, 0.3) is 0 Å². The van der Waals surface area contributed by atoms with E-state index in [1.165, 1.54) is 49.4 Å². The fraction of sp³-hybridized carbons (Fsp3) is 0.486. The van der Waals surface area contributed by atoms with Crippen LogP contribution in [0.4, 0.5) is 0 Å². The molecule has 0 bridgehead atoms. The molecule has 10 atom stereocenters. The van der Waals surface area contributed by atoms with E-state index in [2.05, 4.69) is 0 Å². The van der Waals surface area contributed by atoms with E-state index in [0.717, 1.165) is 33.8 Å². The number of benzene rings is 2. The summed E-state index contributed by atoms with van der Waals surface area (Å²) in [6.45, 7) is 4.73. The maximum atomic E-state index is 13.3. The van der Waals surface area contributed by atoms with Crippen molar-refractivity contribution < 1.29 is 92.1 Å². The summed E-state index contributed by atoms with van der Waals surface area (Å²) in [6.07, 6.45) is -12.9. The topological polar surface area (TPSA) is 270 Å². The molecule has 2 heterocycles. The van der Waals surface area contributed by atoms with E-state index in [9.17, 15) is 49.5 Å². The molecule has 2 fully saturated rings. The van der Waals surface area contributed by atoms with Crippen molar-refractivity contribution in [1.82, 2.24) is 0 Å². The maximum Gasteiger partial charge on any atom is 0.331 e. The summed E-state index contributed by atoms with van der Waals surface area (Å²) in [5, 5.41) is 49.6. The van der Waals surface area contributed by atoms with Gasteiger partial charge in [0.1, 0.15) is 12.2 Å². The van der Waals surface area contributed by atoms with Gasteiger partial charge in [-0.15, -0.1) is 0 Å². The fourth-order valence-electron chi connectivity index (χ4n) is 6.01. The second kappa shape index (κ2) is 19.4. The number of rotatable bonds is 14. The van der Waals surface area contributed by atoms with Gasteiger partial charge in [0.05, 0.1) is 19.3 Å². The lowest BCUT2D eigenvalue weighted by Gasteiger charge is -2.48. The van der Waals surface area contributed by atoms with Gasteiger partial charge in [-0.05, 0) is 54.8 Å². The largest absolute Gasteiger partial charge is 0.504 e. The number of ether oxygens (including phenoxy) is 9. The molecule has 0 radical (unpaired) electrons. The third kappa shape index (κ3) is 11.5. The molecular formula is C37H44O19. The van der Waals surface area contributed by atoms with E-state index in [0.29, 0.717) is 5.56 Å². The molecule has 5 N–H and O–H groups in total. The number of aromatic hydroxyl groups is 4. The number of phenols is 4. The van der Waals surface area contributed by atoms with Gasteiger partial charge in [0, 0.05) is 33.8 Å². The van der Waals surface area contributed by atoms with Crippen LogP contribution >= 0.6 is 0 Å². The molecule has 306 valence electrons. The van der Waals surface area contributed by atoms with Gasteiger partial charge in [-0.1, -0.05) is 12.1 Å². The van der Waals surface area contributed by atoms with Crippen LogP contribution in [0.1, 0.15) is 45.7 Å². The molecule has 0 aliphatic carbocycles. The molecular weight excluding hydrogens is 748 g/mol. The number of esters is 5. The number of carbonyl (C=O) groups is 5. The van der Waals surface area contributed by atoms with E-state index in [4.69, 9.17) is 42.6 Å². The van der Waals surface area contributed by atoms with Crippen LogP contribution in [0.2, 0.25) is 0 Å². The van der Waals surface area contributed by atoms with Crippen LogP contribution in [0.25, 0.3) is 6.08 Å². The normalized spacial score (nSPS) is 27.5. The molecule has 0 unspecified atom stereocenters. The Morgan fingerprint density at radius 1 is 0.643 bits per heavy atom. The Balaban J connectivity index is 1.74. The summed E-state index contributed by atoms with van der Waals surface area (Å²) < 4.78 is 52.0. The quantitative estimate of drug-likeness (QED) is 0.0780. The zero-order valence-electron chi connectivity index (χ0n) is 31.0. The zero-order valence-corrected chi connectivity index (χ0v) is 31.0. The molecule has 2 aliphatic rings. The lowest BCUT2D eigenvalue weighted by atomic mass is 9.96. The highest BCUT2D eigenvalue weighted by atomic mass is 16.8. The molecule has 19 nitrogen and oxygen atoms in total. The Labute approximate surface area is 320 Å². The first kappa shape index (κ1) is 43.3. The lowest BCUT2D eigenvalue weighted by molar-refractivity contribution is -0.358. The zero-order chi connectivity index (χ0) is 41.3.